The van der Waals surface area contributed by atoms with Gasteiger partial charge in [0.05, 0.1) is 7.11 Å². The van der Waals surface area contributed by atoms with E-state index in [9.17, 15) is 5.11 Å². The molecule has 110 valence electrons. The highest BCUT2D eigenvalue weighted by Gasteiger charge is 2.29. The highest BCUT2D eigenvalue weighted by molar-refractivity contribution is 5.50. The van der Waals surface area contributed by atoms with Gasteiger partial charge in [0.2, 0.25) is 0 Å². The molecule has 3 rings (SSSR count). The van der Waals surface area contributed by atoms with Gasteiger partial charge in [-0.1, -0.05) is 36.4 Å². The summed E-state index contributed by atoms with van der Waals surface area (Å²) in [6.07, 6.45) is 1.83. The lowest BCUT2D eigenvalue weighted by Gasteiger charge is -2.20. The van der Waals surface area contributed by atoms with Gasteiger partial charge in [-0.05, 0) is 54.9 Å². The van der Waals surface area contributed by atoms with E-state index in [0.29, 0.717) is 5.92 Å². The minimum Gasteiger partial charge on any atom is -0.496 e. The first-order valence-electron chi connectivity index (χ1n) is 7.54. The lowest BCUT2D eigenvalue weighted by Crippen LogP contribution is -2.07. The fourth-order valence-electron chi connectivity index (χ4n) is 2.99. The van der Waals surface area contributed by atoms with Crippen LogP contribution in [0.5, 0.6) is 5.75 Å². The number of rotatable bonds is 4. The Hall–Kier alpha value is -1.80. The summed E-state index contributed by atoms with van der Waals surface area (Å²) in [6.45, 7) is 4.10. The van der Waals surface area contributed by atoms with Crippen LogP contribution in [0.25, 0.3) is 0 Å². The van der Waals surface area contributed by atoms with E-state index < -0.39 is 6.10 Å². The van der Waals surface area contributed by atoms with Gasteiger partial charge in [0.25, 0.3) is 0 Å². The van der Waals surface area contributed by atoms with Crippen LogP contribution >= 0.6 is 0 Å². The van der Waals surface area contributed by atoms with Crippen LogP contribution in [0.3, 0.4) is 0 Å². The largest absolute Gasteiger partial charge is 0.496 e. The third-order valence-electron chi connectivity index (χ3n) is 4.51. The van der Waals surface area contributed by atoms with Crippen molar-refractivity contribution in [3.8, 4) is 5.75 Å². The Morgan fingerprint density at radius 3 is 2.43 bits per heavy atom. The van der Waals surface area contributed by atoms with E-state index >= 15 is 0 Å². The molecule has 2 aromatic carbocycles. The number of methoxy groups -OCH3 is 1. The van der Waals surface area contributed by atoms with Gasteiger partial charge in [0.1, 0.15) is 11.9 Å². The van der Waals surface area contributed by atoms with E-state index in [4.69, 9.17) is 4.74 Å². The van der Waals surface area contributed by atoms with Gasteiger partial charge >= 0.3 is 0 Å². The molecule has 0 aromatic heterocycles. The van der Waals surface area contributed by atoms with Gasteiger partial charge in [0, 0.05) is 5.56 Å². The maximum atomic E-state index is 10.9. The molecule has 1 fully saturated rings. The highest BCUT2D eigenvalue weighted by atomic mass is 16.5. The molecule has 2 nitrogen and oxygen atoms in total. The maximum Gasteiger partial charge on any atom is 0.128 e. The monoisotopic (exact) mass is 282 g/mol. The molecule has 0 amide bonds. The second-order valence-electron chi connectivity index (χ2n) is 5.94. The van der Waals surface area contributed by atoms with Gasteiger partial charge < -0.3 is 9.84 Å². The second kappa shape index (κ2) is 5.53. The van der Waals surface area contributed by atoms with E-state index in [1.54, 1.807) is 7.11 Å². The summed E-state index contributed by atoms with van der Waals surface area (Å²) < 4.78 is 5.56. The first kappa shape index (κ1) is 14.2. The molecule has 0 heterocycles. The Bertz CT molecular complexity index is 657. The van der Waals surface area contributed by atoms with Crippen LogP contribution in [0.4, 0.5) is 0 Å². The predicted octanol–water partition coefficient (Wildman–Crippen LogP) is 4.27. The molecule has 21 heavy (non-hydrogen) atoms. The summed E-state index contributed by atoms with van der Waals surface area (Å²) in [5, 5.41) is 10.9. The number of aliphatic hydroxyl groups is 1. The molecule has 1 aliphatic rings. The lowest BCUT2D eigenvalue weighted by atomic mass is 9.92. The van der Waals surface area contributed by atoms with Crippen LogP contribution in [0.1, 0.15) is 52.7 Å². The van der Waals surface area contributed by atoms with Crippen molar-refractivity contribution in [2.45, 2.75) is 38.7 Å². The first-order chi connectivity index (χ1) is 10.1. The summed E-state index contributed by atoms with van der Waals surface area (Å²) in [5.41, 5.74) is 5.43. The number of hydrogen-bond acceptors (Lipinski definition) is 2. The molecule has 1 unspecified atom stereocenters. The topological polar surface area (TPSA) is 29.5 Å². The zero-order valence-electron chi connectivity index (χ0n) is 12.9. The van der Waals surface area contributed by atoms with E-state index in [1.165, 1.54) is 24.0 Å². The number of ether oxygens (including phenoxy) is 1. The van der Waals surface area contributed by atoms with Crippen LogP contribution in [0.15, 0.2) is 36.4 Å². The molecule has 1 saturated carbocycles. The molecular weight excluding hydrogens is 260 g/mol. The Morgan fingerprint density at radius 2 is 1.76 bits per heavy atom. The quantitative estimate of drug-likeness (QED) is 0.907. The van der Waals surface area contributed by atoms with Crippen LogP contribution < -0.4 is 4.74 Å². The summed E-state index contributed by atoms with van der Waals surface area (Å²) in [4.78, 5) is 0. The van der Waals surface area contributed by atoms with Crippen molar-refractivity contribution in [1.82, 2.24) is 0 Å². The summed E-state index contributed by atoms with van der Waals surface area (Å²) in [7, 11) is 1.67. The smallest absolute Gasteiger partial charge is 0.128 e. The molecule has 0 spiro atoms. The fourth-order valence-corrected chi connectivity index (χ4v) is 2.99. The van der Waals surface area contributed by atoms with Gasteiger partial charge in [-0.25, -0.2) is 0 Å². The molecule has 0 saturated heterocycles. The van der Waals surface area contributed by atoms with Gasteiger partial charge in [-0.3, -0.25) is 0 Å². The predicted molar refractivity (Wildman–Crippen MR) is 84.9 cm³/mol. The number of aliphatic hydroxyl groups excluding tert-OH is 1. The van der Waals surface area contributed by atoms with Crippen molar-refractivity contribution >= 4 is 0 Å². The minimum absolute atomic E-state index is 0.619. The highest BCUT2D eigenvalue weighted by Crippen LogP contribution is 2.45. The molecule has 1 atom stereocenters. The average molecular weight is 282 g/mol. The summed E-state index contributed by atoms with van der Waals surface area (Å²) >= 11 is 0. The van der Waals surface area contributed by atoms with Crippen LogP contribution in [0, 0.1) is 13.8 Å². The molecular formula is C19H22O2. The van der Waals surface area contributed by atoms with E-state index in [-0.39, 0.29) is 0 Å². The Balaban J connectivity index is 2.07. The number of hydrogen-bond donors (Lipinski definition) is 1. The van der Waals surface area contributed by atoms with Gasteiger partial charge in [-0.2, -0.15) is 0 Å². The standard InChI is InChI=1S/C19H22O2/c1-12-8-11-17(19(21-3)13(12)2)18(20)16-7-5-4-6-15(16)14-9-10-14/h4-8,11,14,18,20H,9-10H2,1-3H3. The van der Waals surface area contributed by atoms with Crippen molar-refractivity contribution in [3.63, 3.8) is 0 Å². The number of aryl methyl sites for hydroxylation is 1. The molecule has 1 aliphatic carbocycles. The van der Waals surface area contributed by atoms with Crippen molar-refractivity contribution < 1.29 is 9.84 Å². The molecule has 0 aliphatic heterocycles. The van der Waals surface area contributed by atoms with Crippen LogP contribution in [0.2, 0.25) is 0 Å². The fraction of sp³-hybridized carbons (Fsp3) is 0.368. The number of benzene rings is 2. The molecule has 0 radical (unpaired) electrons. The Labute approximate surface area is 126 Å². The average Bonchev–Trinajstić information content (AvgIpc) is 3.34. The van der Waals surface area contributed by atoms with Crippen molar-refractivity contribution in [2.75, 3.05) is 7.11 Å². The van der Waals surface area contributed by atoms with E-state index in [0.717, 1.165) is 22.4 Å². The van der Waals surface area contributed by atoms with Crippen molar-refractivity contribution in [2.24, 2.45) is 0 Å². The van der Waals surface area contributed by atoms with Crippen molar-refractivity contribution in [1.29, 1.82) is 0 Å². The molecule has 1 N–H and O–H groups in total. The normalized spacial score (nSPS) is 15.8. The zero-order valence-corrected chi connectivity index (χ0v) is 12.9. The van der Waals surface area contributed by atoms with Crippen LogP contribution in [-0.2, 0) is 0 Å². The van der Waals surface area contributed by atoms with Crippen LogP contribution in [-0.4, -0.2) is 12.2 Å². The minimum atomic E-state index is -0.629. The Kier molecular flexibility index (Phi) is 3.73. The SMILES string of the molecule is COc1c(C(O)c2ccccc2C2CC2)ccc(C)c1C. The van der Waals surface area contributed by atoms with Gasteiger partial charge in [-0.15, -0.1) is 0 Å². The Morgan fingerprint density at radius 1 is 1.05 bits per heavy atom. The molecule has 2 heteroatoms. The maximum absolute atomic E-state index is 10.9. The second-order valence-corrected chi connectivity index (χ2v) is 5.94. The molecule has 2 aromatic rings. The first-order valence-corrected chi connectivity index (χ1v) is 7.54. The summed E-state index contributed by atoms with van der Waals surface area (Å²) in [5.74, 6) is 1.42. The third kappa shape index (κ3) is 2.56. The van der Waals surface area contributed by atoms with Crippen molar-refractivity contribution in [3.05, 3.63) is 64.2 Å². The summed E-state index contributed by atoms with van der Waals surface area (Å²) in [6, 6.07) is 12.3. The van der Waals surface area contributed by atoms with Gasteiger partial charge in [0.15, 0.2) is 0 Å². The van der Waals surface area contributed by atoms with E-state index in [1.807, 2.05) is 25.1 Å². The lowest BCUT2D eigenvalue weighted by molar-refractivity contribution is 0.213. The van der Waals surface area contributed by atoms with E-state index in [2.05, 4.69) is 25.1 Å². The molecule has 0 bridgehead atoms. The third-order valence-corrected chi connectivity index (χ3v) is 4.51. The zero-order chi connectivity index (χ0) is 15.0.